The SMILES string of the molecule is CC=O.CCCc1ccc(=O)n(C/C(=C(/N)c2ccc(N3CCCC(F)C3)c(CC)n2)N(C)N)c1.CO. The number of rotatable bonds is 8. The van der Waals surface area contributed by atoms with Gasteiger partial charge in [0.15, 0.2) is 0 Å². The van der Waals surface area contributed by atoms with Crippen molar-refractivity contribution >= 4 is 17.7 Å². The first-order valence-corrected chi connectivity index (χ1v) is 12.7. The minimum Gasteiger partial charge on any atom is -0.400 e. The summed E-state index contributed by atoms with van der Waals surface area (Å²) in [5.74, 6) is 6.10. The Morgan fingerprint density at radius 1 is 1.27 bits per heavy atom. The van der Waals surface area contributed by atoms with Crippen molar-refractivity contribution in [3.05, 3.63) is 63.5 Å². The number of halogens is 1. The van der Waals surface area contributed by atoms with Gasteiger partial charge in [-0.3, -0.25) is 4.79 Å². The summed E-state index contributed by atoms with van der Waals surface area (Å²) in [6.07, 6.45) is 5.85. The number of aryl methyl sites for hydroxylation is 2. The van der Waals surface area contributed by atoms with Crippen LogP contribution in [0.1, 0.15) is 57.0 Å². The third-order valence-electron chi connectivity index (χ3n) is 5.91. The van der Waals surface area contributed by atoms with E-state index in [1.165, 1.54) is 11.9 Å². The molecule has 1 fully saturated rings. The molecule has 1 aliphatic rings. The number of hydrogen-bond acceptors (Lipinski definition) is 8. The first-order chi connectivity index (χ1) is 17.7. The average molecular weight is 519 g/mol. The summed E-state index contributed by atoms with van der Waals surface area (Å²) in [5, 5.41) is 8.44. The van der Waals surface area contributed by atoms with E-state index in [9.17, 15) is 9.18 Å². The fourth-order valence-corrected chi connectivity index (χ4v) is 4.17. The van der Waals surface area contributed by atoms with Gasteiger partial charge in [0.2, 0.25) is 0 Å². The third-order valence-corrected chi connectivity index (χ3v) is 5.91. The molecule has 37 heavy (non-hydrogen) atoms. The molecule has 206 valence electrons. The van der Waals surface area contributed by atoms with E-state index in [2.05, 4.69) is 11.8 Å². The summed E-state index contributed by atoms with van der Waals surface area (Å²) >= 11 is 0. The molecule has 1 saturated heterocycles. The Balaban J connectivity index is 0.00000127. The van der Waals surface area contributed by atoms with Gasteiger partial charge in [-0.05, 0) is 50.3 Å². The van der Waals surface area contributed by atoms with Gasteiger partial charge in [0.05, 0.1) is 35.0 Å². The Hall–Kier alpha value is -3.24. The molecule has 2 aromatic heterocycles. The Labute approximate surface area is 219 Å². The molecule has 0 amide bonds. The fraction of sp³-hybridized carbons (Fsp3) is 0.519. The molecule has 1 unspecified atom stereocenters. The smallest absolute Gasteiger partial charge is 0.250 e. The van der Waals surface area contributed by atoms with Gasteiger partial charge in [-0.15, -0.1) is 0 Å². The highest BCUT2D eigenvalue weighted by Crippen LogP contribution is 2.26. The molecular weight excluding hydrogens is 475 g/mol. The van der Waals surface area contributed by atoms with Crippen LogP contribution in [0.15, 0.2) is 41.0 Å². The standard InChI is InChI=1S/C24H35FN6O.C2H4O.CH4O/c1-4-7-17-9-12-23(32)31(14-17)16-22(29(3)27)24(26)20-10-11-21(19(5-2)28-20)30-13-6-8-18(25)15-30;1-2-3;1-2/h9-12,14,18H,4-8,13,15-16,26-27H2,1-3H3;2H,1H3;2H,1H3/b24-22-;;. The van der Waals surface area contributed by atoms with Crippen molar-refractivity contribution in [3.63, 3.8) is 0 Å². The Morgan fingerprint density at radius 3 is 2.51 bits per heavy atom. The predicted molar refractivity (Wildman–Crippen MR) is 148 cm³/mol. The fourth-order valence-electron chi connectivity index (χ4n) is 4.17. The van der Waals surface area contributed by atoms with Crippen LogP contribution in [0.5, 0.6) is 0 Å². The number of aromatic nitrogens is 2. The molecular formula is C27H43FN6O3. The molecule has 3 heterocycles. The van der Waals surface area contributed by atoms with Crippen LogP contribution in [0.25, 0.3) is 5.70 Å². The van der Waals surface area contributed by atoms with Crippen molar-refractivity contribution in [1.29, 1.82) is 0 Å². The molecule has 2 aromatic rings. The number of aliphatic hydroxyl groups is 1. The summed E-state index contributed by atoms with van der Waals surface area (Å²) < 4.78 is 15.6. The van der Waals surface area contributed by atoms with Crippen LogP contribution >= 0.6 is 0 Å². The lowest BCUT2D eigenvalue weighted by molar-refractivity contribution is -0.106. The number of pyridine rings is 2. The van der Waals surface area contributed by atoms with Crippen LogP contribution in [0.3, 0.4) is 0 Å². The lowest BCUT2D eigenvalue weighted by Gasteiger charge is -2.32. The molecule has 0 spiro atoms. The molecule has 10 heteroatoms. The third kappa shape index (κ3) is 9.29. The number of piperidine rings is 1. The molecule has 0 aliphatic carbocycles. The summed E-state index contributed by atoms with van der Waals surface area (Å²) in [6.45, 7) is 7.04. The monoisotopic (exact) mass is 518 g/mol. The molecule has 0 bridgehead atoms. The van der Waals surface area contributed by atoms with Crippen molar-refractivity contribution in [1.82, 2.24) is 14.6 Å². The first kappa shape index (κ1) is 31.8. The Morgan fingerprint density at radius 2 is 1.95 bits per heavy atom. The minimum absolute atomic E-state index is 0.111. The van der Waals surface area contributed by atoms with E-state index in [1.54, 1.807) is 17.7 Å². The van der Waals surface area contributed by atoms with Gasteiger partial charge in [-0.25, -0.2) is 15.2 Å². The van der Waals surface area contributed by atoms with Crippen molar-refractivity contribution in [3.8, 4) is 0 Å². The zero-order chi connectivity index (χ0) is 28.0. The number of hydrogen-bond donors (Lipinski definition) is 3. The number of aliphatic hydroxyl groups excluding tert-OH is 1. The molecule has 0 radical (unpaired) electrons. The van der Waals surface area contributed by atoms with Crippen molar-refractivity contribution in [2.24, 2.45) is 11.6 Å². The van der Waals surface area contributed by atoms with Crippen molar-refractivity contribution in [2.75, 3.05) is 32.1 Å². The summed E-state index contributed by atoms with van der Waals surface area (Å²) in [6, 6.07) is 7.26. The molecule has 5 N–H and O–H groups in total. The molecule has 0 saturated carbocycles. The molecule has 0 aromatic carbocycles. The number of allylic oxidation sites excluding steroid dienone is 1. The van der Waals surface area contributed by atoms with E-state index in [0.717, 1.165) is 56.1 Å². The lowest BCUT2D eigenvalue weighted by atomic mass is 10.1. The Bertz CT molecular complexity index is 1070. The number of nitrogens with zero attached hydrogens (tertiary/aromatic N) is 4. The number of hydrazine groups is 1. The largest absolute Gasteiger partial charge is 0.400 e. The second-order valence-corrected chi connectivity index (χ2v) is 8.66. The van der Waals surface area contributed by atoms with Crippen LogP contribution in [0, 0.1) is 0 Å². The van der Waals surface area contributed by atoms with Crippen LogP contribution in [0.2, 0.25) is 0 Å². The van der Waals surface area contributed by atoms with Gasteiger partial charge >= 0.3 is 0 Å². The van der Waals surface area contributed by atoms with Gasteiger partial charge in [0.25, 0.3) is 5.56 Å². The van der Waals surface area contributed by atoms with Gasteiger partial charge in [0, 0.05) is 39.5 Å². The van der Waals surface area contributed by atoms with E-state index in [1.807, 2.05) is 31.3 Å². The molecule has 1 atom stereocenters. The van der Waals surface area contributed by atoms with E-state index in [-0.39, 0.29) is 12.1 Å². The molecule has 9 nitrogen and oxygen atoms in total. The second kappa shape index (κ2) is 16.5. The summed E-state index contributed by atoms with van der Waals surface area (Å²) in [7, 11) is 2.70. The maximum Gasteiger partial charge on any atom is 0.250 e. The summed E-state index contributed by atoms with van der Waals surface area (Å²) in [4.78, 5) is 28.1. The van der Waals surface area contributed by atoms with Crippen LogP contribution in [-0.4, -0.2) is 59.4 Å². The predicted octanol–water partition coefficient (Wildman–Crippen LogP) is 2.64. The van der Waals surface area contributed by atoms with E-state index < -0.39 is 6.17 Å². The second-order valence-electron chi connectivity index (χ2n) is 8.66. The number of carbonyl (C=O) groups is 1. The molecule has 1 aliphatic heterocycles. The first-order valence-electron chi connectivity index (χ1n) is 12.7. The maximum atomic E-state index is 13.9. The highest BCUT2D eigenvalue weighted by molar-refractivity contribution is 5.65. The zero-order valence-corrected chi connectivity index (χ0v) is 22.8. The quantitative estimate of drug-likeness (QED) is 0.276. The van der Waals surface area contributed by atoms with Crippen LogP contribution in [-0.2, 0) is 24.2 Å². The van der Waals surface area contributed by atoms with Gasteiger partial charge in [-0.1, -0.05) is 26.3 Å². The van der Waals surface area contributed by atoms with E-state index in [0.29, 0.717) is 36.5 Å². The lowest BCUT2D eigenvalue weighted by Crippen LogP contribution is -2.37. The van der Waals surface area contributed by atoms with Crippen LogP contribution in [0.4, 0.5) is 10.1 Å². The highest BCUT2D eigenvalue weighted by atomic mass is 19.1. The number of anilines is 1. The highest BCUT2D eigenvalue weighted by Gasteiger charge is 2.22. The number of aldehydes is 1. The number of nitrogens with two attached hydrogens (primary N) is 2. The van der Waals surface area contributed by atoms with Crippen molar-refractivity contribution < 1.29 is 14.3 Å². The van der Waals surface area contributed by atoms with Crippen molar-refractivity contribution in [2.45, 2.75) is 65.6 Å². The van der Waals surface area contributed by atoms with Gasteiger partial charge in [-0.2, -0.15) is 0 Å². The summed E-state index contributed by atoms with van der Waals surface area (Å²) in [5.41, 5.74) is 11.0. The topological polar surface area (TPSA) is 131 Å². The van der Waals surface area contributed by atoms with Crippen LogP contribution < -0.4 is 22.0 Å². The number of carbonyl (C=O) groups excluding carboxylic acids is 1. The Kier molecular flexibility index (Phi) is 14.2. The van der Waals surface area contributed by atoms with E-state index >= 15 is 0 Å². The molecule has 3 rings (SSSR count). The maximum absolute atomic E-state index is 13.9. The van der Waals surface area contributed by atoms with Gasteiger partial charge in [0.1, 0.15) is 12.5 Å². The van der Waals surface area contributed by atoms with E-state index in [4.69, 9.17) is 26.5 Å². The zero-order valence-electron chi connectivity index (χ0n) is 22.8. The number of likely N-dealkylation sites (N-methyl/N-ethyl adjacent to an activating group) is 1. The number of alkyl halides is 1. The minimum atomic E-state index is -0.808. The van der Waals surface area contributed by atoms with Gasteiger partial charge < -0.3 is 30.1 Å². The average Bonchev–Trinajstić information content (AvgIpc) is 2.89. The normalized spacial score (nSPS) is 15.5.